The van der Waals surface area contributed by atoms with Gasteiger partial charge in [0.1, 0.15) is 17.9 Å². The van der Waals surface area contributed by atoms with Gasteiger partial charge in [0.2, 0.25) is 5.91 Å². The van der Waals surface area contributed by atoms with Crippen molar-refractivity contribution in [2.45, 2.75) is 19.9 Å². The maximum Gasteiger partial charge on any atom is 0.312 e. The Morgan fingerprint density at radius 3 is 2.60 bits per heavy atom. The predicted octanol–water partition coefficient (Wildman–Crippen LogP) is 1.02. The van der Waals surface area contributed by atoms with Gasteiger partial charge >= 0.3 is 5.97 Å². The van der Waals surface area contributed by atoms with Crippen molar-refractivity contribution in [1.82, 2.24) is 4.90 Å². The molecule has 1 aromatic heterocycles. The summed E-state index contributed by atoms with van der Waals surface area (Å²) in [7, 11) is 1.54. The molecule has 5 heteroatoms. The first-order valence-electron chi connectivity index (χ1n) is 4.50. The lowest BCUT2D eigenvalue weighted by Crippen LogP contribution is -2.27. The third-order valence-electron chi connectivity index (χ3n) is 1.92. The third kappa shape index (κ3) is 3.46. The van der Waals surface area contributed by atoms with Crippen molar-refractivity contribution in [3.63, 3.8) is 0 Å². The van der Waals surface area contributed by atoms with Gasteiger partial charge in [-0.3, -0.25) is 9.59 Å². The standard InChI is InChI=1S/C10H13NO4/c1-7-3-4-8(15-7)6-11(2)9(12)5-10(13)14/h3-4H,5-6H2,1-2H3,(H,13,14). The monoisotopic (exact) mass is 211 g/mol. The van der Waals surface area contributed by atoms with E-state index in [1.165, 1.54) is 4.90 Å². The summed E-state index contributed by atoms with van der Waals surface area (Å²) in [5.74, 6) is -0.142. The van der Waals surface area contributed by atoms with E-state index in [0.717, 1.165) is 5.76 Å². The van der Waals surface area contributed by atoms with E-state index in [0.29, 0.717) is 12.3 Å². The van der Waals surface area contributed by atoms with Gasteiger partial charge in [0, 0.05) is 7.05 Å². The van der Waals surface area contributed by atoms with Crippen LogP contribution in [0.4, 0.5) is 0 Å². The Kier molecular flexibility index (Phi) is 3.49. The summed E-state index contributed by atoms with van der Waals surface area (Å²) in [4.78, 5) is 22.9. The summed E-state index contributed by atoms with van der Waals surface area (Å²) in [5.41, 5.74) is 0. The molecule has 1 N–H and O–H groups in total. The van der Waals surface area contributed by atoms with Crippen molar-refractivity contribution in [2.24, 2.45) is 0 Å². The molecule has 1 rings (SSSR count). The molecule has 0 radical (unpaired) electrons. The molecular formula is C10H13NO4. The molecule has 0 fully saturated rings. The molecule has 1 aromatic rings. The van der Waals surface area contributed by atoms with Crippen molar-refractivity contribution in [2.75, 3.05) is 7.05 Å². The van der Waals surface area contributed by atoms with Crippen LogP contribution in [0.25, 0.3) is 0 Å². The Labute approximate surface area is 87.3 Å². The van der Waals surface area contributed by atoms with Gasteiger partial charge < -0.3 is 14.4 Å². The van der Waals surface area contributed by atoms with Crippen molar-refractivity contribution >= 4 is 11.9 Å². The average Bonchev–Trinajstić information content (AvgIpc) is 2.50. The number of carbonyl (C=O) groups excluding carboxylic acids is 1. The Morgan fingerprint density at radius 2 is 2.13 bits per heavy atom. The van der Waals surface area contributed by atoms with E-state index in [9.17, 15) is 9.59 Å². The van der Waals surface area contributed by atoms with Crippen LogP contribution in [0.1, 0.15) is 17.9 Å². The minimum atomic E-state index is -1.12. The fourth-order valence-corrected chi connectivity index (χ4v) is 1.16. The topological polar surface area (TPSA) is 70.8 Å². The summed E-state index contributed by atoms with van der Waals surface area (Å²) in [6, 6.07) is 3.56. The highest BCUT2D eigenvalue weighted by atomic mass is 16.4. The van der Waals surface area contributed by atoms with Crippen molar-refractivity contribution in [3.05, 3.63) is 23.7 Å². The highest BCUT2D eigenvalue weighted by Gasteiger charge is 2.14. The first-order valence-corrected chi connectivity index (χ1v) is 4.50. The normalized spacial score (nSPS) is 10.0. The minimum Gasteiger partial charge on any atom is -0.481 e. The molecule has 5 nitrogen and oxygen atoms in total. The third-order valence-corrected chi connectivity index (χ3v) is 1.92. The second kappa shape index (κ2) is 4.63. The van der Waals surface area contributed by atoms with E-state index in [4.69, 9.17) is 9.52 Å². The van der Waals surface area contributed by atoms with Crippen LogP contribution in [-0.2, 0) is 16.1 Å². The van der Waals surface area contributed by atoms with Crippen LogP contribution in [0.2, 0.25) is 0 Å². The SMILES string of the molecule is Cc1ccc(CN(C)C(=O)CC(=O)O)o1. The number of nitrogens with zero attached hydrogens (tertiary/aromatic N) is 1. The molecule has 0 aromatic carbocycles. The second-order valence-corrected chi connectivity index (χ2v) is 3.33. The fraction of sp³-hybridized carbons (Fsp3) is 0.400. The zero-order valence-electron chi connectivity index (χ0n) is 8.69. The molecule has 0 aliphatic rings. The molecular weight excluding hydrogens is 198 g/mol. The lowest BCUT2D eigenvalue weighted by Gasteiger charge is -2.14. The van der Waals surface area contributed by atoms with E-state index >= 15 is 0 Å². The van der Waals surface area contributed by atoms with Crippen LogP contribution in [0.5, 0.6) is 0 Å². The highest BCUT2D eigenvalue weighted by Crippen LogP contribution is 2.09. The van der Waals surface area contributed by atoms with Gasteiger partial charge in [-0.25, -0.2) is 0 Å². The first kappa shape index (κ1) is 11.3. The number of furan rings is 1. The molecule has 1 heterocycles. The molecule has 0 unspecified atom stereocenters. The lowest BCUT2D eigenvalue weighted by atomic mass is 10.3. The molecule has 0 spiro atoms. The zero-order chi connectivity index (χ0) is 11.4. The number of rotatable bonds is 4. The fourth-order valence-electron chi connectivity index (χ4n) is 1.16. The quantitative estimate of drug-likeness (QED) is 0.755. The van der Waals surface area contributed by atoms with Gasteiger partial charge in [-0.2, -0.15) is 0 Å². The number of hydrogen-bond donors (Lipinski definition) is 1. The summed E-state index contributed by atoms with van der Waals surface area (Å²) < 4.78 is 5.27. The number of hydrogen-bond acceptors (Lipinski definition) is 3. The molecule has 82 valence electrons. The molecule has 0 saturated heterocycles. The minimum absolute atomic E-state index is 0.292. The van der Waals surface area contributed by atoms with Crippen molar-refractivity contribution in [3.8, 4) is 0 Å². The van der Waals surface area contributed by atoms with Crippen LogP contribution in [0.15, 0.2) is 16.5 Å². The van der Waals surface area contributed by atoms with Gasteiger partial charge in [-0.05, 0) is 19.1 Å². The predicted molar refractivity (Wildman–Crippen MR) is 52.2 cm³/mol. The van der Waals surface area contributed by atoms with Crippen LogP contribution >= 0.6 is 0 Å². The maximum atomic E-state index is 11.3. The smallest absolute Gasteiger partial charge is 0.312 e. The molecule has 0 aliphatic heterocycles. The van der Waals surface area contributed by atoms with E-state index in [1.54, 1.807) is 19.2 Å². The number of aliphatic carboxylic acids is 1. The Hall–Kier alpha value is -1.78. The Bertz CT molecular complexity index is 369. The van der Waals surface area contributed by atoms with E-state index in [-0.39, 0.29) is 0 Å². The molecule has 0 saturated carbocycles. The largest absolute Gasteiger partial charge is 0.481 e. The molecule has 0 atom stereocenters. The summed E-state index contributed by atoms with van der Waals surface area (Å²) in [5, 5.41) is 8.43. The van der Waals surface area contributed by atoms with Gasteiger partial charge in [-0.1, -0.05) is 0 Å². The molecule has 1 amide bonds. The first-order chi connectivity index (χ1) is 6.99. The zero-order valence-corrected chi connectivity index (χ0v) is 8.69. The highest BCUT2D eigenvalue weighted by molar-refractivity contribution is 5.93. The second-order valence-electron chi connectivity index (χ2n) is 3.33. The number of amides is 1. The summed E-state index contributed by atoms with van der Waals surface area (Å²) >= 11 is 0. The molecule has 0 aliphatic carbocycles. The van der Waals surface area contributed by atoms with Crippen molar-refractivity contribution < 1.29 is 19.1 Å². The van der Waals surface area contributed by atoms with Gasteiger partial charge in [-0.15, -0.1) is 0 Å². The van der Waals surface area contributed by atoms with Crippen LogP contribution in [0, 0.1) is 6.92 Å². The van der Waals surface area contributed by atoms with Crippen molar-refractivity contribution in [1.29, 1.82) is 0 Å². The molecule has 15 heavy (non-hydrogen) atoms. The van der Waals surface area contributed by atoms with E-state index in [2.05, 4.69) is 0 Å². The summed E-state index contributed by atoms with van der Waals surface area (Å²) in [6.07, 6.45) is -0.490. The number of aryl methyl sites for hydroxylation is 1. The Balaban J connectivity index is 2.51. The number of carboxylic acid groups (broad SMARTS) is 1. The maximum absolute atomic E-state index is 11.3. The lowest BCUT2D eigenvalue weighted by molar-refractivity contribution is -0.144. The van der Waals surface area contributed by atoms with Gasteiger partial charge in [0.25, 0.3) is 0 Å². The summed E-state index contributed by atoms with van der Waals surface area (Å²) in [6.45, 7) is 2.10. The Morgan fingerprint density at radius 1 is 1.47 bits per heavy atom. The van der Waals surface area contributed by atoms with E-state index < -0.39 is 18.3 Å². The number of carbonyl (C=O) groups is 2. The van der Waals surface area contributed by atoms with Crippen LogP contribution < -0.4 is 0 Å². The van der Waals surface area contributed by atoms with Gasteiger partial charge in [0.05, 0.1) is 6.54 Å². The number of carboxylic acids is 1. The average molecular weight is 211 g/mol. The van der Waals surface area contributed by atoms with Crippen LogP contribution in [-0.4, -0.2) is 28.9 Å². The van der Waals surface area contributed by atoms with Gasteiger partial charge in [0.15, 0.2) is 0 Å². The van der Waals surface area contributed by atoms with E-state index in [1.807, 2.05) is 6.92 Å². The van der Waals surface area contributed by atoms with Crippen LogP contribution in [0.3, 0.4) is 0 Å². The molecule has 0 bridgehead atoms.